The maximum Gasteiger partial charge on any atom is 0.236 e. The highest BCUT2D eigenvalue weighted by Crippen LogP contribution is 2.26. The molecule has 3 atom stereocenters. The number of amides is 2. The van der Waals surface area contributed by atoms with Gasteiger partial charge in [0.1, 0.15) is 0 Å². The van der Waals surface area contributed by atoms with Gasteiger partial charge in [-0.1, -0.05) is 50.2 Å². The van der Waals surface area contributed by atoms with Crippen molar-refractivity contribution >= 4 is 23.2 Å². The maximum absolute atomic E-state index is 12.9. The molecule has 0 spiro atoms. The third-order valence-corrected chi connectivity index (χ3v) is 7.62. The zero-order valence-electron chi connectivity index (χ0n) is 19.8. The van der Waals surface area contributed by atoms with E-state index in [4.69, 9.17) is 0 Å². The standard InChI is InChI=1S/C26H36N4O2S/c1-20-15-21(2)17-30(16-20)25(32)19-29-12-10-28(11-13-29)18-24(31)27-26(23-9-6-14-33-23)22-7-4-3-5-8-22/h3-9,14,20-21,26H,10-13,15-19H2,1-2H3,(H,27,31)/t20-,21+,26-/m0/s1. The molecule has 0 unspecified atom stereocenters. The van der Waals surface area contributed by atoms with Crippen LogP contribution in [0.3, 0.4) is 0 Å². The largest absolute Gasteiger partial charge is 0.343 e. The zero-order chi connectivity index (χ0) is 23.2. The fraction of sp³-hybridized carbons (Fsp3) is 0.538. The van der Waals surface area contributed by atoms with E-state index in [1.807, 2.05) is 34.5 Å². The van der Waals surface area contributed by atoms with Crippen molar-refractivity contribution in [3.8, 4) is 0 Å². The zero-order valence-corrected chi connectivity index (χ0v) is 20.6. The molecule has 1 aromatic carbocycles. The van der Waals surface area contributed by atoms with Crippen molar-refractivity contribution in [1.29, 1.82) is 0 Å². The van der Waals surface area contributed by atoms with Gasteiger partial charge in [0.05, 0.1) is 19.1 Å². The number of thiophene rings is 1. The fourth-order valence-corrected chi connectivity index (χ4v) is 5.90. The second-order valence-corrected chi connectivity index (χ2v) is 10.7. The van der Waals surface area contributed by atoms with Crippen LogP contribution in [-0.2, 0) is 9.59 Å². The van der Waals surface area contributed by atoms with E-state index < -0.39 is 0 Å². The molecule has 6 nitrogen and oxygen atoms in total. The van der Waals surface area contributed by atoms with Crippen LogP contribution >= 0.6 is 11.3 Å². The molecule has 0 bridgehead atoms. The highest BCUT2D eigenvalue weighted by Gasteiger charge is 2.28. The Morgan fingerprint density at radius 2 is 1.58 bits per heavy atom. The summed E-state index contributed by atoms with van der Waals surface area (Å²) >= 11 is 1.66. The number of nitrogens with one attached hydrogen (secondary N) is 1. The Bertz CT molecular complexity index is 886. The Balaban J connectivity index is 1.25. The van der Waals surface area contributed by atoms with Crippen LogP contribution in [0.15, 0.2) is 47.8 Å². The SMILES string of the molecule is C[C@@H]1C[C@H](C)CN(C(=O)CN2CCN(CC(=O)N[C@@H](c3ccccc3)c3cccs3)CC2)C1. The Labute approximate surface area is 201 Å². The highest BCUT2D eigenvalue weighted by atomic mass is 32.1. The van der Waals surface area contributed by atoms with Crippen molar-refractivity contribution in [3.05, 3.63) is 58.3 Å². The molecule has 1 aromatic heterocycles. The first-order valence-corrected chi connectivity index (χ1v) is 13.0. The van der Waals surface area contributed by atoms with E-state index >= 15 is 0 Å². The van der Waals surface area contributed by atoms with E-state index in [1.54, 1.807) is 11.3 Å². The van der Waals surface area contributed by atoms with Gasteiger partial charge in [-0.2, -0.15) is 0 Å². The predicted molar refractivity (Wildman–Crippen MR) is 133 cm³/mol. The number of carbonyl (C=O) groups is 2. The van der Waals surface area contributed by atoms with Crippen LogP contribution in [0.4, 0.5) is 0 Å². The number of benzene rings is 1. The number of carbonyl (C=O) groups excluding carboxylic acids is 2. The molecule has 2 aliphatic heterocycles. The van der Waals surface area contributed by atoms with E-state index in [0.29, 0.717) is 24.9 Å². The topological polar surface area (TPSA) is 55.9 Å². The maximum atomic E-state index is 12.9. The number of piperazine rings is 1. The summed E-state index contributed by atoms with van der Waals surface area (Å²) in [5.41, 5.74) is 1.10. The fourth-order valence-electron chi connectivity index (χ4n) is 5.09. The molecule has 2 saturated heterocycles. The predicted octanol–water partition coefficient (Wildman–Crippen LogP) is 3.08. The van der Waals surface area contributed by atoms with Gasteiger partial charge < -0.3 is 10.2 Å². The molecule has 0 aliphatic carbocycles. The molecular weight excluding hydrogens is 432 g/mol. The van der Waals surface area contributed by atoms with Gasteiger partial charge in [0.2, 0.25) is 11.8 Å². The van der Waals surface area contributed by atoms with E-state index in [2.05, 4.69) is 47.2 Å². The van der Waals surface area contributed by atoms with Gasteiger partial charge in [-0.05, 0) is 35.3 Å². The summed E-state index contributed by atoms with van der Waals surface area (Å²) in [5, 5.41) is 5.28. The van der Waals surface area contributed by atoms with E-state index in [0.717, 1.165) is 49.7 Å². The molecule has 4 rings (SSSR count). The third-order valence-electron chi connectivity index (χ3n) is 6.68. The minimum absolute atomic E-state index is 0.0399. The van der Waals surface area contributed by atoms with Crippen molar-refractivity contribution in [2.24, 2.45) is 11.8 Å². The Morgan fingerprint density at radius 3 is 2.18 bits per heavy atom. The number of piperidine rings is 1. The quantitative estimate of drug-likeness (QED) is 0.679. The Hall–Kier alpha value is -2.22. The first-order chi connectivity index (χ1) is 16.0. The monoisotopic (exact) mass is 468 g/mol. The van der Waals surface area contributed by atoms with Crippen molar-refractivity contribution in [2.75, 3.05) is 52.4 Å². The molecule has 0 radical (unpaired) electrons. The molecule has 2 aliphatic rings. The normalized spacial score (nSPS) is 23.3. The number of hydrogen-bond acceptors (Lipinski definition) is 5. The average molecular weight is 469 g/mol. The summed E-state index contributed by atoms with van der Waals surface area (Å²) in [7, 11) is 0. The lowest BCUT2D eigenvalue weighted by molar-refractivity contribution is -0.135. The molecular formula is C26H36N4O2S. The van der Waals surface area contributed by atoms with Crippen LogP contribution in [-0.4, -0.2) is 78.9 Å². The second kappa shape index (κ2) is 11.3. The number of rotatable bonds is 7. The molecule has 178 valence electrons. The van der Waals surface area contributed by atoms with Crippen LogP contribution in [0.25, 0.3) is 0 Å². The molecule has 0 saturated carbocycles. The molecule has 1 N–H and O–H groups in total. The Kier molecular flexibility index (Phi) is 8.17. The smallest absolute Gasteiger partial charge is 0.236 e. The molecule has 33 heavy (non-hydrogen) atoms. The summed E-state index contributed by atoms with van der Waals surface area (Å²) in [6.07, 6.45) is 1.21. The molecule has 7 heteroatoms. The summed E-state index contributed by atoms with van der Waals surface area (Å²) < 4.78 is 0. The van der Waals surface area contributed by atoms with Gasteiger partial charge in [0.15, 0.2) is 0 Å². The summed E-state index contributed by atoms with van der Waals surface area (Å²) in [6.45, 7) is 10.4. The van der Waals surface area contributed by atoms with Gasteiger partial charge in [0.25, 0.3) is 0 Å². The van der Waals surface area contributed by atoms with Crippen LogP contribution in [0.2, 0.25) is 0 Å². The van der Waals surface area contributed by atoms with E-state index in [-0.39, 0.29) is 17.9 Å². The number of hydrogen-bond donors (Lipinski definition) is 1. The molecule has 3 heterocycles. The summed E-state index contributed by atoms with van der Waals surface area (Å²) in [5.74, 6) is 1.46. The molecule has 2 amide bonds. The summed E-state index contributed by atoms with van der Waals surface area (Å²) in [6, 6.07) is 14.1. The van der Waals surface area contributed by atoms with Crippen LogP contribution in [0.5, 0.6) is 0 Å². The van der Waals surface area contributed by atoms with Crippen LogP contribution in [0, 0.1) is 11.8 Å². The average Bonchev–Trinajstić information content (AvgIpc) is 3.33. The van der Waals surface area contributed by atoms with Gasteiger partial charge in [-0.3, -0.25) is 19.4 Å². The van der Waals surface area contributed by atoms with Crippen LogP contribution < -0.4 is 5.32 Å². The third kappa shape index (κ3) is 6.65. The van der Waals surface area contributed by atoms with Gasteiger partial charge in [-0.25, -0.2) is 0 Å². The van der Waals surface area contributed by atoms with Gasteiger partial charge >= 0.3 is 0 Å². The molecule has 2 aromatic rings. The highest BCUT2D eigenvalue weighted by molar-refractivity contribution is 7.10. The lowest BCUT2D eigenvalue weighted by Crippen LogP contribution is -2.53. The van der Waals surface area contributed by atoms with E-state index in [1.165, 1.54) is 6.42 Å². The van der Waals surface area contributed by atoms with E-state index in [9.17, 15) is 9.59 Å². The first-order valence-electron chi connectivity index (χ1n) is 12.1. The number of likely N-dealkylation sites (tertiary alicyclic amines) is 1. The first kappa shape index (κ1) is 23.9. The summed E-state index contributed by atoms with van der Waals surface area (Å²) in [4.78, 5) is 33.3. The number of nitrogens with zero attached hydrogens (tertiary/aromatic N) is 3. The second-order valence-electron chi connectivity index (χ2n) is 9.72. The van der Waals surface area contributed by atoms with Crippen molar-refractivity contribution in [3.63, 3.8) is 0 Å². The van der Waals surface area contributed by atoms with Gasteiger partial charge in [-0.15, -0.1) is 11.3 Å². The lowest BCUT2D eigenvalue weighted by Gasteiger charge is -2.38. The molecule has 2 fully saturated rings. The van der Waals surface area contributed by atoms with Gasteiger partial charge in [0, 0.05) is 44.1 Å². The Morgan fingerprint density at radius 1 is 0.939 bits per heavy atom. The van der Waals surface area contributed by atoms with Crippen LogP contribution in [0.1, 0.15) is 36.8 Å². The van der Waals surface area contributed by atoms with Crippen molar-refractivity contribution in [1.82, 2.24) is 20.0 Å². The van der Waals surface area contributed by atoms with Crippen molar-refractivity contribution < 1.29 is 9.59 Å². The lowest BCUT2D eigenvalue weighted by atomic mass is 9.92. The minimum atomic E-state index is -0.119. The van der Waals surface area contributed by atoms with Crippen molar-refractivity contribution in [2.45, 2.75) is 26.3 Å². The minimum Gasteiger partial charge on any atom is -0.343 e.